The Hall–Kier alpha value is -1.30. The molecule has 17 heavy (non-hydrogen) atoms. The molecule has 0 amide bonds. The fourth-order valence-corrected chi connectivity index (χ4v) is 2.65. The summed E-state index contributed by atoms with van der Waals surface area (Å²) in [6.07, 6.45) is 3.62. The van der Waals surface area contributed by atoms with E-state index in [1.165, 1.54) is 0 Å². The number of aryl methyl sites for hydroxylation is 1. The third-order valence-corrected chi connectivity index (χ3v) is 3.65. The quantitative estimate of drug-likeness (QED) is 0.901. The molecule has 4 nitrogen and oxygen atoms in total. The van der Waals surface area contributed by atoms with Gasteiger partial charge in [-0.25, -0.2) is 4.98 Å². The van der Waals surface area contributed by atoms with Crippen LogP contribution in [-0.4, -0.2) is 17.1 Å². The van der Waals surface area contributed by atoms with E-state index >= 15 is 0 Å². The second kappa shape index (κ2) is 5.35. The molecule has 0 saturated heterocycles. The van der Waals surface area contributed by atoms with Gasteiger partial charge >= 0.3 is 0 Å². The van der Waals surface area contributed by atoms with E-state index in [-0.39, 0.29) is 0 Å². The van der Waals surface area contributed by atoms with Gasteiger partial charge in [-0.05, 0) is 18.6 Å². The minimum absolute atomic E-state index is 0.500. The second-order valence-electron chi connectivity index (χ2n) is 3.72. The molecule has 0 unspecified atom stereocenters. The lowest BCUT2D eigenvalue weighted by Crippen LogP contribution is -1.99. The van der Waals surface area contributed by atoms with Crippen LogP contribution in [0.4, 0.5) is 0 Å². The van der Waals surface area contributed by atoms with E-state index < -0.39 is 0 Å². The van der Waals surface area contributed by atoms with Crippen LogP contribution in [-0.2, 0) is 17.9 Å². The van der Waals surface area contributed by atoms with Crippen LogP contribution in [0, 0.1) is 6.92 Å². The van der Waals surface area contributed by atoms with Crippen LogP contribution < -0.4 is 5.73 Å². The maximum atomic E-state index is 5.71. The number of aromatic nitrogens is 2. The SMILES string of the molecule is COCc1nc(-c2ccncc2C)sc1CN. The maximum absolute atomic E-state index is 5.71. The van der Waals surface area contributed by atoms with Crippen molar-refractivity contribution in [1.82, 2.24) is 9.97 Å². The first-order valence-electron chi connectivity index (χ1n) is 5.34. The van der Waals surface area contributed by atoms with Crippen molar-refractivity contribution in [1.29, 1.82) is 0 Å². The Morgan fingerprint density at radius 2 is 2.29 bits per heavy atom. The number of pyridine rings is 1. The highest BCUT2D eigenvalue weighted by Gasteiger charge is 2.12. The second-order valence-corrected chi connectivity index (χ2v) is 4.80. The molecule has 0 bridgehead atoms. The van der Waals surface area contributed by atoms with Crippen LogP contribution in [0.1, 0.15) is 16.1 Å². The molecule has 2 aromatic rings. The first-order valence-corrected chi connectivity index (χ1v) is 6.16. The van der Waals surface area contributed by atoms with Crippen molar-refractivity contribution in [3.8, 4) is 10.6 Å². The zero-order valence-electron chi connectivity index (χ0n) is 9.93. The summed E-state index contributed by atoms with van der Waals surface area (Å²) < 4.78 is 5.13. The third-order valence-electron chi connectivity index (χ3n) is 2.50. The van der Waals surface area contributed by atoms with E-state index in [9.17, 15) is 0 Å². The summed E-state index contributed by atoms with van der Waals surface area (Å²) in [4.78, 5) is 9.75. The number of nitrogens with two attached hydrogens (primary N) is 1. The Morgan fingerprint density at radius 1 is 1.47 bits per heavy atom. The highest BCUT2D eigenvalue weighted by Crippen LogP contribution is 2.29. The summed E-state index contributed by atoms with van der Waals surface area (Å²) in [7, 11) is 1.66. The molecule has 2 heterocycles. The molecule has 2 aromatic heterocycles. The summed E-state index contributed by atoms with van der Waals surface area (Å²) >= 11 is 1.62. The molecule has 0 aliphatic carbocycles. The number of nitrogens with zero attached hydrogens (tertiary/aromatic N) is 2. The molecule has 0 aliphatic heterocycles. The topological polar surface area (TPSA) is 61.0 Å². The standard InChI is InChI=1S/C12H15N3OS/c1-8-6-14-4-3-9(8)12-15-10(7-16-2)11(5-13)17-12/h3-4,6H,5,7,13H2,1-2H3. The molecule has 0 atom stereocenters. The summed E-state index contributed by atoms with van der Waals surface area (Å²) in [6, 6.07) is 1.98. The van der Waals surface area contributed by atoms with Crippen molar-refractivity contribution in [3.05, 3.63) is 34.6 Å². The lowest BCUT2D eigenvalue weighted by atomic mass is 10.2. The highest BCUT2D eigenvalue weighted by molar-refractivity contribution is 7.15. The van der Waals surface area contributed by atoms with Gasteiger partial charge in [0.25, 0.3) is 0 Å². The zero-order valence-corrected chi connectivity index (χ0v) is 10.8. The Bertz CT molecular complexity index is 510. The average Bonchev–Trinajstić information content (AvgIpc) is 2.73. The summed E-state index contributed by atoms with van der Waals surface area (Å²) in [5.74, 6) is 0. The van der Waals surface area contributed by atoms with E-state index in [1.54, 1.807) is 24.6 Å². The molecule has 0 fully saturated rings. The lowest BCUT2D eigenvalue weighted by molar-refractivity contribution is 0.181. The van der Waals surface area contributed by atoms with Crippen molar-refractivity contribution < 1.29 is 4.74 Å². The Labute approximate surface area is 104 Å². The van der Waals surface area contributed by atoms with E-state index in [4.69, 9.17) is 10.5 Å². The van der Waals surface area contributed by atoms with Crippen molar-refractivity contribution >= 4 is 11.3 Å². The largest absolute Gasteiger partial charge is 0.378 e. The third kappa shape index (κ3) is 2.52. The van der Waals surface area contributed by atoms with E-state index in [0.717, 1.165) is 26.7 Å². The minimum Gasteiger partial charge on any atom is -0.378 e. The van der Waals surface area contributed by atoms with Gasteiger partial charge in [0, 0.05) is 36.5 Å². The van der Waals surface area contributed by atoms with E-state index in [2.05, 4.69) is 9.97 Å². The van der Waals surface area contributed by atoms with Crippen molar-refractivity contribution in [2.75, 3.05) is 7.11 Å². The van der Waals surface area contributed by atoms with Gasteiger partial charge < -0.3 is 10.5 Å². The molecule has 0 aromatic carbocycles. The number of rotatable bonds is 4. The first kappa shape index (κ1) is 12.2. The molecule has 0 aliphatic rings. The molecule has 2 N–H and O–H groups in total. The Kier molecular flexibility index (Phi) is 3.83. The maximum Gasteiger partial charge on any atom is 0.124 e. The van der Waals surface area contributed by atoms with Gasteiger partial charge in [0.05, 0.1) is 12.3 Å². The fraction of sp³-hybridized carbons (Fsp3) is 0.333. The van der Waals surface area contributed by atoms with Gasteiger partial charge in [-0.2, -0.15) is 0 Å². The predicted octanol–water partition coefficient (Wildman–Crippen LogP) is 2.12. The monoisotopic (exact) mass is 249 g/mol. The molecule has 0 spiro atoms. The smallest absolute Gasteiger partial charge is 0.124 e. The van der Waals surface area contributed by atoms with Crippen molar-refractivity contribution in [2.24, 2.45) is 5.73 Å². The normalized spacial score (nSPS) is 10.8. The highest BCUT2D eigenvalue weighted by atomic mass is 32.1. The van der Waals surface area contributed by atoms with Crippen LogP contribution in [0.15, 0.2) is 18.5 Å². The fourth-order valence-electron chi connectivity index (χ4n) is 1.62. The molecule has 5 heteroatoms. The minimum atomic E-state index is 0.500. The van der Waals surface area contributed by atoms with Gasteiger partial charge in [0.2, 0.25) is 0 Å². The summed E-state index contributed by atoms with van der Waals surface area (Å²) in [5.41, 5.74) is 8.88. The summed E-state index contributed by atoms with van der Waals surface area (Å²) in [6.45, 7) is 3.04. The zero-order chi connectivity index (χ0) is 12.3. The van der Waals surface area contributed by atoms with Crippen LogP contribution in [0.25, 0.3) is 10.6 Å². The van der Waals surface area contributed by atoms with Gasteiger partial charge in [-0.3, -0.25) is 4.98 Å². The van der Waals surface area contributed by atoms with Crippen molar-refractivity contribution in [2.45, 2.75) is 20.1 Å². The molecular weight excluding hydrogens is 234 g/mol. The number of ether oxygens (including phenoxy) is 1. The van der Waals surface area contributed by atoms with Crippen LogP contribution >= 0.6 is 11.3 Å². The lowest BCUT2D eigenvalue weighted by Gasteiger charge is -1.99. The average molecular weight is 249 g/mol. The van der Waals surface area contributed by atoms with Crippen molar-refractivity contribution in [3.63, 3.8) is 0 Å². The number of thiazole rings is 1. The van der Waals surface area contributed by atoms with Gasteiger partial charge in [-0.1, -0.05) is 0 Å². The van der Waals surface area contributed by atoms with Crippen LogP contribution in [0.3, 0.4) is 0 Å². The number of hydrogen-bond donors (Lipinski definition) is 1. The molecule has 2 rings (SSSR count). The predicted molar refractivity (Wildman–Crippen MR) is 68.7 cm³/mol. The molecular formula is C12H15N3OS. The van der Waals surface area contributed by atoms with Gasteiger partial charge in [0.15, 0.2) is 0 Å². The first-order chi connectivity index (χ1) is 8.26. The van der Waals surface area contributed by atoms with Gasteiger partial charge in [0.1, 0.15) is 5.01 Å². The van der Waals surface area contributed by atoms with Crippen LogP contribution in [0.2, 0.25) is 0 Å². The molecule has 90 valence electrons. The number of methoxy groups -OCH3 is 1. The van der Waals surface area contributed by atoms with E-state index in [1.807, 2.05) is 19.2 Å². The number of hydrogen-bond acceptors (Lipinski definition) is 5. The molecule has 0 saturated carbocycles. The molecule has 0 radical (unpaired) electrons. The summed E-state index contributed by atoms with van der Waals surface area (Å²) in [5, 5.41) is 0.984. The Morgan fingerprint density at radius 3 is 2.94 bits per heavy atom. The van der Waals surface area contributed by atoms with Crippen LogP contribution in [0.5, 0.6) is 0 Å². The van der Waals surface area contributed by atoms with Gasteiger partial charge in [-0.15, -0.1) is 11.3 Å². The van der Waals surface area contributed by atoms with E-state index in [0.29, 0.717) is 13.2 Å². The Balaban J connectivity index is 2.43.